The lowest BCUT2D eigenvalue weighted by Gasteiger charge is -2.60. The average Bonchev–Trinajstić information content (AvgIpc) is 3.34. The van der Waals surface area contributed by atoms with Crippen molar-refractivity contribution < 1.29 is 14.7 Å². The molecule has 5 nitrogen and oxygen atoms in total. The molecule has 0 bridgehead atoms. The summed E-state index contributed by atoms with van der Waals surface area (Å²) in [4.78, 5) is 18.4. The van der Waals surface area contributed by atoms with Gasteiger partial charge in [0.1, 0.15) is 11.9 Å². The molecule has 1 saturated heterocycles. The quantitative estimate of drug-likeness (QED) is 0.728. The third-order valence-corrected chi connectivity index (χ3v) is 9.55. The van der Waals surface area contributed by atoms with E-state index >= 15 is 0 Å². The number of carbonyl (C=O) groups excluding carboxylic acids is 1. The predicted octanol–water partition coefficient (Wildman–Crippen LogP) is 3.31. The van der Waals surface area contributed by atoms with Gasteiger partial charge in [-0.1, -0.05) is 12.1 Å². The lowest BCUT2D eigenvalue weighted by atomic mass is 9.45. The number of fused-ring (bicyclic) bond motifs is 5. The van der Waals surface area contributed by atoms with Crippen molar-refractivity contribution in [2.75, 3.05) is 19.7 Å². The molecule has 4 saturated carbocycles. The SMILES string of the molecule is CC12CCC3C(CCC4CC(=NO[C@H]5CCNC5)CCC43CO)C1CCC2=O. The van der Waals surface area contributed by atoms with Gasteiger partial charge in [0.05, 0.1) is 5.71 Å². The van der Waals surface area contributed by atoms with Crippen LogP contribution in [0.3, 0.4) is 0 Å². The van der Waals surface area contributed by atoms with E-state index in [-0.39, 0.29) is 16.9 Å². The number of oxime groups is 1. The molecule has 156 valence electrons. The number of ketones is 1. The van der Waals surface area contributed by atoms with E-state index < -0.39 is 0 Å². The Bertz CT molecular complexity index is 658. The molecular formula is C23H36N2O3. The second kappa shape index (κ2) is 7.09. The summed E-state index contributed by atoms with van der Waals surface area (Å²) in [5, 5.41) is 18.5. The Balaban J connectivity index is 1.33. The molecule has 7 atom stereocenters. The number of hydrogen-bond donors (Lipinski definition) is 2. The van der Waals surface area contributed by atoms with Gasteiger partial charge in [-0.2, -0.15) is 0 Å². The number of Topliss-reactive ketones (excluding diaryl/α,β-unsaturated/α-hetero) is 1. The van der Waals surface area contributed by atoms with Crippen LogP contribution in [0.2, 0.25) is 0 Å². The molecule has 0 aromatic carbocycles. The highest BCUT2D eigenvalue weighted by atomic mass is 16.6. The molecule has 1 heterocycles. The molecule has 0 aromatic heterocycles. The fraction of sp³-hybridized carbons (Fsp3) is 0.913. The summed E-state index contributed by atoms with van der Waals surface area (Å²) in [5.74, 6) is 2.80. The molecule has 5 rings (SSSR count). The van der Waals surface area contributed by atoms with E-state index in [4.69, 9.17) is 4.84 Å². The second-order valence-electron chi connectivity index (χ2n) is 10.5. The largest absolute Gasteiger partial charge is 0.396 e. The van der Waals surface area contributed by atoms with Gasteiger partial charge in [-0.25, -0.2) is 0 Å². The molecule has 28 heavy (non-hydrogen) atoms. The van der Waals surface area contributed by atoms with Gasteiger partial charge in [0.15, 0.2) is 0 Å². The first kappa shape index (κ1) is 19.0. The van der Waals surface area contributed by atoms with Crippen LogP contribution in [0.5, 0.6) is 0 Å². The van der Waals surface area contributed by atoms with Gasteiger partial charge in [0, 0.05) is 36.8 Å². The van der Waals surface area contributed by atoms with Crippen molar-refractivity contribution in [1.82, 2.24) is 5.32 Å². The van der Waals surface area contributed by atoms with Crippen LogP contribution in [-0.2, 0) is 9.63 Å². The first-order chi connectivity index (χ1) is 13.6. The Kier molecular flexibility index (Phi) is 4.82. The zero-order valence-corrected chi connectivity index (χ0v) is 17.3. The Hall–Kier alpha value is -0.940. The number of nitrogens with zero attached hydrogens (tertiary/aromatic N) is 1. The molecule has 0 spiro atoms. The van der Waals surface area contributed by atoms with Crippen LogP contribution in [0, 0.1) is 34.5 Å². The minimum Gasteiger partial charge on any atom is -0.396 e. The Labute approximate surface area is 168 Å². The number of rotatable bonds is 3. The molecule has 5 aliphatic rings. The van der Waals surface area contributed by atoms with Gasteiger partial charge in [0.2, 0.25) is 0 Å². The number of aliphatic hydroxyl groups excluding tert-OH is 1. The fourth-order valence-corrected chi connectivity index (χ4v) is 7.89. The minimum atomic E-state index is -0.0743. The molecule has 2 N–H and O–H groups in total. The summed E-state index contributed by atoms with van der Waals surface area (Å²) in [6, 6.07) is 0. The normalized spacial score (nSPS) is 49.6. The van der Waals surface area contributed by atoms with Crippen LogP contribution in [0.25, 0.3) is 0 Å². The van der Waals surface area contributed by atoms with Crippen LogP contribution in [0.4, 0.5) is 0 Å². The van der Waals surface area contributed by atoms with Crippen LogP contribution in [0.1, 0.15) is 71.1 Å². The van der Waals surface area contributed by atoms with Crippen molar-refractivity contribution in [2.24, 2.45) is 39.7 Å². The molecule has 1 aliphatic heterocycles. The van der Waals surface area contributed by atoms with Crippen molar-refractivity contribution in [3.05, 3.63) is 0 Å². The number of aliphatic hydroxyl groups is 1. The maximum absolute atomic E-state index is 12.6. The average molecular weight is 389 g/mol. The second-order valence-corrected chi connectivity index (χ2v) is 10.5. The van der Waals surface area contributed by atoms with Gasteiger partial charge in [-0.15, -0.1) is 0 Å². The molecule has 0 aromatic rings. The summed E-state index contributed by atoms with van der Waals surface area (Å²) in [5.41, 5.74) is 1.18. The van der Waals surface area contributed by atoms with E-state index in [1.807, 2.05) is 0 Å². The zero-order chi connectivity index (χ0) is 19.4. The van der Waals surface area contributed by atoms with Crippen molar-refractivity contribution in [1.29, 1.82) is 0 Å². The van der Waals surface area contributed by atoms with Crippen molar-refractivity contribution in [2.45, 2.75) is 77.2 Å². The van der Waals surface area contributed by atoms with E-state index in [1.54, 1.807) is 0 Å². The fourth-order valence-electron chi connectivity index (χ4n) is 7.89. The highest BCUT2D eigenvalue weighted by Gasteiger charge is 2.61. The minimum absolute atomic E-state index is 0.0455. The summed E-state index contributed by atoms with van der Waals surface area (Å²) in [6.45, 7) is 4.47. The predicted molar refractivity (Wildman–Crippen MR) is 108 cm³/mol. The topological polar surface area (TPSA) is 70.9 Å². The molecule has 5 heteroatoms. The van der Waals surface area contributed by atoms with Crippen LogP contribution >= 0.6 is 0 Å². The monoisotopic (exact) mass is 388 g/mol. The van der Waals surface area contributed by atoms with E-state index in [2.05, 4.69) is 17.4 Å². The van der Waals surface area contributed by atoms with Gasteiger partial charge in [-0.3, -0.25) is 4.79 Å². The summed E-state index contributed by atoms with van der Waals surface area (Å²) >= 11 is 0. The first-order valence-electron chi connectivity index (χ1n) is 11.6. The Morgan fingerprint density at radius 1 is 1.14 bits per heavy atom. The van der Waals surface area contributed by atoms with E-state index in [0.717, 1.165) is 64.5 Å². The van der Waals surface area contributed by atoms with Gasteiger partial charge < -0.3 is 15.3 Å². The van der Waals surface area contributed by atoms with Gasteiger partial charge in [0.25, 0.3) is 0 Å². The van der Waals surface area contributed by atoms with E-state index in [1.165, 1.54) is 18.6 Å². The van der Waals surface area contributed by atoms with E-state index in [0.29, 0.717) is 36.1 Å². The van der Waals surface area contributed by atoms with E-state index in [9.17, 15) is 9.90 Å². The summed E-state index contributed by atoms with van der Waals surface area (Å²) in [7, 11) is 0. The van der Waals surface area contributed by atoms with Crippen molar-refractivity contribution >= 4 is 11.5 Å². The van der Waals surface area contributed by atoms with Crippen molar-refractivity contribution in [3.8, 4) is 0 Å². The molecule has 4 aliphatic carbocycles. The summed E-state index contributed by atoms with van der Waals surface area (Å²) < 4.78 is 0. The van der Waals surface area contributed by atoms with Gasteiger partial charge >= 0.3 is 0 Å². The highest BCUT2D eigenvalue weighted by Crippen LogP contribution is 2.65. The Morgan fingerprint density at radius 3 is 2.82 bits per heavy atom. The molecule has 0 radical (unpaired) electrons. The first-order valence-corrected chi connectivity index (χ1v) is 11.6. The van der Waals surface area contributed by atoms with Crippen LogP contribution in [0.15, 0.2) is 5.16 Å². The smallest absolute Gasteiger partial charge is 0.141 e. The third-order valence-electron chi connectivity index (χ3n) is 9.55. The lowest BCUT2D eigenvalue weighted by molar-refractivity contribution is -0.143. The van der Waals surface area contributed by atoms with Crippen molar-refractivity contribution in [3.63, 3.8) is 0 Å². The summed E-state index contributed by atoms with van der Waals surface area (Å²) in [6.07, 6.45) is 10.7. The number of hydrogen-bond acceptors (Lipinski definition) is 5. The maximum atomic E-state index is 12.6. The maximum Gasteiger partial charge on any atom is 0.141 e. The third kappa shape index (κ3) is 2.79. The van der Waals surface area contributed by atoms with Gasteiger partial charge in [-0.05, 0) is 81.6 Å². The van der Waals surface area contributed by atoms with Crippen LogP contribution in [-0.4, -0.2) is 42.4 Å². The molecule has 6 unspecified atom stereocenters. The molecular weight excluding hydrogens is 352 g/mol. The standard InChI is InChI=1S/C23H36N2O3/c1-22-9-7-20-18(19(22)4-5-21(22)27)3-2-15-12-16(6-10-23(15,20)14-26)25-28-17-8-11-24-13-17/h15,17-20,24,26H,2-14H2,1H3/t15?,17-,18?,19?,20?,22?,23?/m0/s1. The number of carbonyl (C=O) groups is 1. The molecule has 5 fully saturated rings. The molecule has 0 amide bonds. The van der Waals surface area contributed by atoms with Crippen LogP contribution < -0.4 is 5.32 Å². The highest BCUT2D eigenvalue weighted by molar-refractivity contribution is 5.87. The lowest BCUT2D eigenvalue weighted by Crippen LogP contribution is -2.56. The zero-order valence-electron chi connectivity index (χ0n) is 17.3. The number of nitrogens with one attached hydrogen (secondary N) is 1. The Morgan fingerprint density at radius 2 is 2.04 bits per heavy atom.